The number of nitrogens with zero attached hydrogens (tertiary/aromatic N) is 2. The van der Waals surface area contributed by atoms with E-state index in [4.69, 9.17) is 0 Å². The maximum atomic E-state index is 13.0. The number of nitrogens with one attached hydrogen (secondary N) is 1. The number of aliphatic hydroxyl groups excluding tert-OH is 1. The maximum absolute atomic E-state index is 13.0. The van der Waals surface area contributed by atoms with E-state index >= 15 is 0 Å². The van der Waals surface area contributed by atoms with Crippen molar-refractivity contribution >= 4 is 20.0 Å². The molecule has 3 rings (SSSR count). The van der Waals surface area contributed by atoms with Crippen LogP contribution < -0.4 is 4.72 Å². The second kappa shape index (κ2) is 8.68. The first-order valence-corrected chi connectivity index (χ1v) is 12.1. The zero-order valence-electron chi connectivity index (χ0n) is 16.6. The van der Waals surface area contributed by atoms with E-state index in [-0.39, 0.29) is 21.9 Å². The van der Waals surface area contributed by atoms with E-state index in [1.165, 1.54) is 30.5 Å². The van der Waals surface area contributed by atoms with Crippen LogP contribution in [0.1, 0.15) is 16.8 Å². The van der Waals surface area contributed by atoms with Gasteiger partial charge in [0, 0.05) is 12.6 Å². The topological polar surface area (TPSA) is 118 Å². The van der Waals surface area contributed by atoms with Crippen LogP contribution in [0.25, 0.3) is 0 Å². The molecule has 0 aliphatic rings. The number of hydrogen-bond donors (Lipinski definition) is 2. The van der Waals surface area contributed by atoms with E-state index in [1.54, 1.807) is 24.3 Å². The minimum absolute atomic E-state index is 0.0623. The molecular weight excluding hydrogens is 426 g/mol. The molecule has 30 heavy (non-hydrogen) atoms. The summed E-state index contributed by atoms with van der Waals surface area (Å²) < 4.78 is 54.6. The van der Waals surface area contributed by atoms with Crippen LogP contribution >= 0.6 is 0 Å². The van der Waals surface area contributed by atoms with Gasteiger partial charge in [-0.05, 0) is 38.1 Å². The van der Waals surface area contributed by atoms with Crippen LogP contribution in [-0.4, -0.2) is 43.5 Å². The lowest BCUT2D eigenvalue weighted by Gasteiger charge is -2.17. The van der Waals surface area contributed by atoms with Crippen LogP contribution in [0, 0.1) is 13.8 Å². The number of aryl methyl sites for hydroxylation is 2. The third-order valence-corrected chi connectivity index (χ3v) is 7.84. The van der Waals surface area contributed by atoms with Gasteiger partial charge in [-0.2, -0.15) is 0 Å². The van der Waals surface area contributed by atoms with E-state index in [1.807, 2.05) is 13.8 Å². The van der Waals surface area contributed by atoms with Crippen LogP contribution in [0.5, 0.6) is 0 Å². The summed E-state index contributed by atoms with van der Waals surface area (Å²) in [6, 6.07) is 11.7. The summed E-state index contributed by atoms with van der Waals surface area (Å²) in [6.07, 6.45) is 2.44. The number of sulfonamides is 1. The first kappa shape index (κ1) is 22.2. The Labute approximate surface area is 176 Å². The molecular formula is C20H23N3O5S2. The molecule has 2 aromatic carbocycles. The van der Waals surface area contributed by atoms with Gasteiger partial charge >= 0.3 is 0 Å². The van der Waals surface area contributed by atoms with Crippen LogP contribution in [0.15, 0.2) is 70.8 Å². The van der Waals surface area contributed by atoms with Gasteiger partial charge in [0.25, 0.3) is 10.0 Å². The van der Waals surface area contributed by atoms with Crippen molar-refractivity contribution in [2.24, 2.45) is 0 Å². The molecule has 0 aliphatic carbocycles. The molecule has 1 atom stereocenters. The first-order valence-electron chi connectivity index (χ1n) is 9.17. The zero-order valence-corrected chi connectivity index (χ0v) is 18.2. The molecule has 2 N–H and O–H groups in total. The monoisotopic (exact) mass is 449 g/mol. The van der Waals surface area contributed by atoms with Crippen molar-refractivity contribution < 1.29 is 21.9 Å². The maximum Gasteiger partial charge on any atom is 0.269 e. The van der Waals surface area contributed by atoms with Crippen LogP contribution in [0.3, 0.4) is 0 Å². The summed E-state index contributed by atoms with van der Waals surface area (Å²) in [4.78, 5) is 4.06. The fourth-order valence-electron chi connectivity index (χ4n) is 2.89. The quantitative estimate of drug-likeness (QED) is 0.539. The fourth-order valence-corrected chi connectivity index (χ4v) is 5.44. The van der Waals surface area contributed by atoms with Crippen LogP contribution in [0.4, 0.5) is 0 Å². The molecule has 0 radical (unpaired) electrons. The Morgan fingerprint density at radius 3 is 2.00 bits per heavy atom. The molecule has 0 spiro atoms. The first-order chi connectivity index (χ1) is 14.1. The molecule has 0 saturated carbocycles. The highest BCUT2D eigenvalue weighted by atomic mass is 32.2. The number of benzene rings is 2. The Bertz CT molecular complexity index is 1220. The number of imidazole rings is 1. The summed E-state index contributed by atoms with van der Waals surface area (Å²) in [6.45, 7) is 3.18. The van der Waals surface area contributed by atoms with Gasteiger partial charge in [-0.25, -0.2) is 30.5 Å². The number of aliphatic hydroxyl groups is 1. The smallest absolute Gasteiger partial charge is 0.269 e. The molecule has 160 valence electrons. The number of aromatic nitrogens is 2. The average Bonchev–Trinajstić information content (AvgIpc) is 3.17. The van der Waals surface area contributed by atoms with Gasteiger partial charge in [0.15, 0.2) is 0 Å². The van der Waals surface area contributed by atoms with Crippen molar-refractivity contribution in [1.29, 1.82) is 0 Å². The van der Waals surface area contributed by atoms with Gasteiger partial charge in [-0.15, -0.1) is 0 Å². The summed E-state index contributed by atoms with van der Waals surface area (Å²) in [5, 5.41) is 9.71. The Kier molecular flexibility index (Phi) is 6.41. The molecule has 0 bridgehead atoms. The molecule has 1 unspecified atom stereocenters. The van der Waals surface area contributed by atoms with E-state index < -0.39 is 32.7 Å². The minimum atomic E-state index is -3.90. The third kappa shape index (κ3) is 4.78. The van der Waals surface area contributed by atoms with Gasteiger partial charge in [-0.3, -0.25) is 0 Å². The predicted octanol–water partition coefficient (Wildman–Crippen LogP) is 1.62. The standard InChI is InChI=1S/C20H23N3O5S2/c1-15-3-7-19(8-4-15)29(25,26)22-17(13-24)11-18-12-21-14-23(18)30(27,28)20-9-5-16(2)6-10-20/h3-10,12,14,17,22,24H,11,13H2,1-2H3. The van der Waals surface area contributed by atoms with Gasteiger partial charge in [0.05, 0.1) is 28.1 Å². The van der Waals surface area contributed by atoms with Crippen molar-refractivity contribution in [2.75, 3.05) is 6.61 Å². The SMILES string of the molecule is Cc1ccc(S(=O)(=O)NC(CO)Cc2cncn2S(=O)(=O)c2ccc(C)cc2)cc1. The summed E-state index contributed by atoms with van der Waals surface area (Å²) in [7, 11) is -7.79. The van der Waals surface area contributed by atoms with E-state index in [0.29, 0.717) is 0 Å². The van der Waals surface area contributed by atoms with E-state index in [0.717, 1.165) is 21.4 Å². The van der Waals surface area contributed by atoms with E-state index in [9.17, 15) is 21.9 Å². The Balaban J connectivity index is 1.85. The third-order valence-electron chi connectivity index (χ3n) is 4.58. The average molecular weight is 450 g/mol. The zero-order chi connectivity index (χ0) is 21.9. The van der Waals surface area contributed by atoms with Crippen molar-refractivity contribution in [3.05, 3.63) is 77.9 Å². The molecule has 8 nitrogen and oxygen atoms in total. The molecule has 0 amide bonds. The van der Waals surface area contributed by atoms with E-state index in [2.05, 4.69) is 9.71 Å². The second-order valence-electron chi connectivity index (χ2n) is 7.02. The molecule has 10 heteroatoms. The Hall–Kier alpha value is -2.53. The lowest BCUT2D eigenvalue weighted by Crippen LogP contribution is -2.39. The van der Waals surface area contributed by atoms with Crippen molar-refractivity contribution in [3.63, 3.8) is 0 Å². The highest BCUT2D eigenvalue weighted by Crippen LogP contribution is 2.18. The molecule has 0 saturated heterocycles. The summed E-state index contributed by atoms with van der Waals surface area (Å²) >= 11 is 0. The highest BCUT2D eigenvalue weighted by Gasteiger charge is 2.24. The Morgan fingerprint density at radius 1 is 0.933 bits per heavy atom. The lowest BCUT2D eigenvalue weighted by atomic mass is 10.2. The number of hydrogen-bond acceptors (Lipinski definition) is 6. The van der Waals surface area contributed by atoms with Crippen LogP contribution in [-0.2, 0) is 26.5 Å². The normalized spacial score (nSPS) is 13.3. The Morgan fingerprint density at radius 2 is 1.47 bits per heavy atom. The molecule has 1 aromatic heterocycles. The lowest BCUT2D eigenvalue weighted by molar-refractivity contribution is 0.255. The largest absolute Gasteiger partial charge is 0.395 e. The van der Waals surface area contributed by atoms with Gasteiger partial charge in [0.1, 0.15) is 6.33 Å². The fraction of sp³-hybridized carbons (Fsp3) is 0.250. The number of rotatable bonds is 8. The van der Waals surface area contributed by atoms with Gasteiger partial charge < -0.3 is 5.11 Å². The van der Waals surface area contributed by atoms with Crippen molar-refractivity contribution in [1.82, 2.24) is 13.7 Å². The molecule has 1 heterocycles. The summed E-state index contributed by atoms with van der Waals surface area (Å²) in [5.74, 6) is 0. The van der Waals surface area contributed by atoms with Crippen LogP contribution in [0.2, 0.25) is 0 Å². The van der Waals surface area contributed by atoms with Gasteiger partial charge in [-0.1, -0.05) is 35.4 Å². The molecule has 0 aliphatic heterocycles. The minimum Gasteiger partial charge on any atom is -0.395 e. The summed E-state index contributed by atoms with van der Waals surface area (Å²) in [5.41, 5.74) is 2.09. The highest BCUT2D eigenvalue weighted by molar-refractivity contribution is 7.90. The van der Waals surface area contributed by atoms with Crippen molar-refractivity contribution in [2.45, 2.75) is 36.1 Å². The molecule has 3 aromatic rings. The molecule has 0 fully saturated rings. The second-order valence-corrected chi connectivity index (χ2v) is 10.5. The van der Waals surface area contributed by atoms with Gasteiger partial charge in [0.2, 0.25) is 10.0 Å². The predicted molar refractivity (Wildman–Crippen MR) is 112 cm³/mol. The van der Waals surface area contributed by atoms with Crippen molar-refractivity contribution in [3.8, 4) is 0 Å².